The Morgan fingerprint density at radius 2 is 2.26 bits per heavy atom. The molecule has 0 atom stereocenters. The lowest BCUT2D eigenvalue weighted by Crippen LogP contribution is -2.14. The number of ether oxygens (including phenoxy) is 1. The van der Waals surface area contributed by atoms with Gasteiger partial charge in [0.05, 0.1) is 13.2 Å². The SMILES string of the molecule is COCCn1ccc(C(=O)Nc2ccc(C)cn2)n1. The molecule has 0 bridgehead atoms. The number of aryl methyl sites for hydroxylation is 1. The predicted octanol–water partition coefficient (Wildman–Crippen LogP) is 1.49. The van der Waals surface area contributed by atoms with Crippen LogP contribution < -0.4 is 5.32 Å². The van der Waals surface area contributed by atoms with E-state index >= 15 is 0 Å². The summed E-state index contributed by atoms with van der Waals surface area (Å²) in [5.74, 6) is 0.245. The molecule has 2 heterocycles. The zero-order valence-corrected chi connectivity index (χ0v) is 11.0. The fraction of sp³-hybridized carbons (Fsp3) is 0.308. The summed E-state index contributed by atoms with van der Waals surface area (Å²) >= 11 is 0. The minimum atomic E-state index is -0.271. The molecule has 6 heteroatoms. The van der Waals surface area contributed by atoms with Gasteiger partial charge in [-0.05, 0) is 24.6 Å². The van der Waals surface area contributed by atoms with Crippen LogP contribution in [0.2, 0.25) is 0 Å². The van der Waals surface area contributed by atoms with Gasteiger partial charge in [0.25, 0.3) is 5.91 Å². The van der Waals surface area contributed by atoms with Gasteiger partial charge in [-0.25, -0.2) is 4.98 Å². The van der Waals surface area contributed by atoms with Crippen molar-refractivity contribution in [2.45, 2.75) is 13.5 Å². The van der Waals surface area contributed by atoms with Gasteiger partial charge in [0.15, 0.2) is 5.69 Å². The highest BCUT2D eigenvalue weighted by Crippen LogP contribution is 2.06. The molecule has 0 saturated heterocycles. The largest absolute Gasteiger partial charge is 0.383 e. The highest BCUT2D eigenvalue weighted by Gasteiger charge is 2.10. The Morgan fingerprint density at radius 1 is 1.42 bits per heavy atom. The number of amides is 1. The second-order valence-corrected chi connectivity index (χ2v) is 4.13. The minimum Gasteiger partial charge on any atom is -0.383 e. The number of aromatic nitrogens is 3. The molecule has 0 spiro atoms. The van der Waals surface area contributed by atoms with Gasteiger partial charge in [0, 0.05) is 19.5 Å². The molecule has 0 aliphatic carbocycles. The van der Waals surface area contributed by atoms with E-state index in [2.05, 4.69) is 15.4 Å². The standard InChI is InChI=1S/C13H16N4O2/c1-10-3-4-12(14-9-10)15-13(18)11-5-6-17(16-11)7-8-19-2/h3-6,9H,7-8H2,1-2H3,(H,14,15,18). The molecule has 0 fully saturated rings. The predicted molar refractivity (Wildman–Crippen MR) is 71.0 cm³/mol. The van der Waals surface area contributed by atoms with E-state index in [1.807, 2.05) is 13.0 Å². The van der Waals surface area contributed by atoms with Crippen LogP contribution in [0.15, 0.2) is 30.6 Å². The third-order valence-corrected chi connectivity index (χ3v) is 2.55. The Hall–Kier alpha value is -2.21. The van der Waals surface area contributed by atoms with Crippen molar-refractivity contribution in [3.05, 3.63) is 41.9 Å². The first-order valence-corrected chi connectivity index (χ1v) is 5.95. The smallest absolute Gasteiger partial charge is 0.277 e. The maximum atomic E-state index is 11.9. The topological polar surface area (TPSA) is 69.0 Å². The van der Waals surface area contributed by atoms with E-state index in [0.29, 0.717) is 24.7 Å². The maximum absolute atomic E-state index is 11.9. The quantitative estimate of drug-likeness (QED) is 0.884. The molecule has 2 rings (SSSR count). The van der Waals surface area contributed by atoms with Crippen LogP contribution in [-0.4, -0.2) is 34.4 Å². The molecule has 6 nitrogen and oxygen atoms in total. The zero-order chi connectivity index (χ0) is 13.7. The first-order chi connectivity index (χ1) is 9.19. The van der Waals surface area contributed by atoms with E-state index in [0.717, 1.165) is 5.56 Å². The Bertz CT molecular complexity index is 548. The Balaban J connectivity index is 1.99. The van der Waals surface area contributed by atoms with Crippen molar-refractivity contribution in [3.63, 3.8) is 0 Å². The van der Waals surface area contributed by atoms with Crippen molar-refractivity contribution in [2.75, 3.05) is 19.0 Å². The summed E-state index contributed by atoms with van der Waals surface area (Å²) in [6.45, 7) is 3.12. The number of nitrogens with zero attached hydrogens (tertiary/aromatic N) is 3. The number of hydrogen-bond acceptors (Lipinski definition) is 4. The first-order valence-electron chi connectivity index (χ1n) is 5.95. The highest BCUT2D eigenvalue weighted by atomic mass is 16.5. The van der Waals surface area contributed by atoms with Crippen molar-refractivity contribution < 1.29 is 9.53 Å². The van der Waals surface area contributed by atoms with Gasteiger partial charge in [0.2, 0.25) is 0 Å². The summed E-state index contributed by atoms with van der Waals surface area (Å²) in [5.41, 5.74) is 1.40. The van der Waals surface area contributed by atoms with Crippen LogP contribution in [0.3, 0.4) is 0 Å². The number of rotatable bonds is 5. The van der Waals surface area contributed by atoms with Crippen molar-refractivity contribution in [1.29, 1.82) is 0 Å². The van der Waals surface area contributed by atoms with Crippen molar-refractivity contribution in [2.24, 2.45) is 0 Å². The molecular weight excluding hydrogens is 244 g/mol. The van der Waals surface area contributed by atoms with Crippen LogP contribution in [0.4, 0.5) is 5.82 Å². The van der Waals surface area contributed by atoms with Crippen molar-refractivity contribution >= 4 is 11.7 Å². The lowest BCUT2D eigenvalue weighted by Gasteiger charge is -2.02. The number of carbonyl (C=O) groups excluding carboxylic acids is 1. The van der Waals surface area contributed by atoms with E-state index in [9.17, 15) is 4.79 Å². The second-order valence-electron chi connectivity index (χ2n) is 4.13. The Labute approximate surface area is 111 Å². The van der Waals surface area contributed by atoms with Crippen LogP contribution >= 0.6 is 0 Å². The number of methoxy groups -OCH3 is 1. The van der Waals surface area contributed by atoms with E-state index in [1.165, 1.54) is 0 Å². The molecule has 0 radical (unpaired) electrons. The monoisotopic (exact) mass is 260 g/mol. The van der Waals surface area contributed by atoms with E-state index in [1.54, 1.807) is 36.3 Å². The molecule has 0 aromatic carbocycles. The van der Waals surface area contributed by atoms with Crippen LogP contribution in [0.25, 0.3) is 0 Å². The molecule has 100 valence electrons. The van der Waals surface area contributed by atoms with Crippen LogP contribution in [-0.2, 0) is 11.3 Å². The van der Waals surface area contributed by atoms with Gasteiger partial charge in [-0.2, -0.15) is 5.10 Å². The minimum absolute atomic E-state index is 0.271. The molecule has 0 aliphatic heterocycles. The molecule has 1 N–H and O–H groups in total. The molecule has 2 aromatic heterocycles. The lowest BCUT2D eigenvalue weighted by molar-refractivity contribution is 0.102. The zero-order valence-electron chi connectivity index (χ0n) is 11.0. The fourth-order valence-electron chi connectivity index (χ4n) is 1.51. The van der Waals surface area contributed by atoms with Gasteiger partial charge in [-0.1, -0.05) is 6.07 Å². The number of carbonyl (C=O) groups is 1. The van der Waals surface area contributed by atoms with Gasteiger partial charge in [0.1, 0.15) is 5.82 Å². The van der Waals surface area contributed by atoms with E-state index in [4.69, 9.17) is 4.74 Å². The molecule has 1 amide bonds. The molecular formula is C13H16N4O2. The fourth-order valence-corrected chi connectivity index (χ4v) is 1.51. The number of hydrogen-bond donors (Lipinski definition) is 1. The molecule has 19 heavy (non-hydrogen) atoms. The summed E-state index contributed by atoms with van der Waals surface area (Å²) in [6.07, 6.45) is 3.45. The van der Waals surface area contributed by atoms with E-state index < -0.39 is 0 Å². The summed E-state index contributed by atoms with van der Waals surface area (Å²) < 4.78 is 6.62. The average molecular weight is 260 g/mol. The summed E-state index contributed by atoms with van der Waals surface area (Å²) in [4.78, 5) is 16.0. The van der Waals surface area contributed by atoms with Gasteiger partial charge < -0.3 is 10.1 Å². The van der Waals surface area contributed by atoms with Crippen molar-refractivity contribution in [3.8, 4) is 0 Å². The van der Waals surface area contributed by atoms with Crippen LogP contribution in [0.1, 0.15) is 16.1 Å². The number of pyridine rings is 1. The third-order valence-electron chi connectivity index (χ3n) is 2.55. The molecule has 0 saturated carbocycles. The third kappa shape index (κ3) is 3.62. The summed E-state index contributed by atoms with van der Waals surface area (Å²) in [6, 6.07) is 5.31. The lowest BCUT2D eigenvalue weighted by atomic mass is 10.3. The Morgan fingerprint density at radius 3 is 2.95 bits per heavy atom. The average Bonchev–Trinajstić information content (AvgIpc) is 2.88. The first kappa shape index (κ1) is 13.2. The van der Waals surface area contributed by atoms with Crippen molar-refractivity contribution in [1.82, 2.24) is 14.8 Å². The highest BCUT2D eigenvalue weighted by molar-refractivity contribution is 6.02. The molecule has 0 unspecified atom stereocenters. The number of nitrogens with one attached hydrogen (secondary N) is 1. The Kier molecular flexibility index (Phi) is 4.25. The van der Waals surface area contributed by atoms with Gasteiger partial charge in [-0.3, -0.25) is 9.48 Å². The van der Waals surface area contributed by atoms with Crippen LogP contribution in [0, 0.1) is 6.92 Å². The summed E-state index contributed by atoms with van der Waals surface area (Å²) in [7, 11) is 1.63. The summed E-state index contributed by atoms with van der Waals surface area (Å²) in [5, 5.41) is 6.86. The van der Waals surface area contributed by atoms with E-state index in [-0.39, 0.29) is 5.91 Å². The van der Waals surface area contributed by atoms with Gasteiger partial charge >= 0.3 is 0 Å². The molecule has 2 aromatic rings. The van der Waals surface area contributed by atoms with Gasteiger partial charge in [-0.15, -0.1) is 0 Å². The molecule has 0 aliphatic rings. The maximum Gasteiger partial charge on any atom is 0.277 e. The normalized spacial score (nSPS) is 10.4. The number of anilines is 1. The van der Waals surface area contributed by atoms with Crippen LogP contribution in [0.5, 0.6) is 0 Å². The second kappa shape index (κ2) is 6.10.